The fourth-order valence-corrected chi connectivity index (χ4v) is 2.13. The summed E-state index contributed by atoms with van der Waals surface area (Å²) < 4.78 is 4.80. The van der Waals surface area contributed by atoms with Gasteiger partial charge >= 0.3 is 5.97 Å². The topological polar surface area (TPSA) is 55.4 Å². The third kappa shape index (κ3) is 5.53. The van der Waals surface area contributed by atoms with Gasteiger partial charge in [-0.25, -0.2) is 0 Å². The van der Waals surface area contributed by atoms with Crippen LogP contribution >= 0.6 is 23.4 Å². The SMILES string of the molecule is CCOC(=O)CSC(C)C(=O)Nc1ccccc1Cl. The smallest absolute Gasteiger partial charge is 0.315 e. The Hall–Kier alpha value is -1.20. The summed E-state index contributed by atoms with van der Waals surface area (Å²) in [5, 5.41) is 2.85. The number of hydrogen-bond donors (Lipinski definition) is 1. The molecule has 0 fully saturated rings. The van der Waals surface area contributed by atoms with Crippen molar-refractivity contribution < 1.29 is 14.3 Å². The molecule has 1 aromatic carbocycles. The van der Waals surface area contributed by atoms with Crippen LogP contribution < -0.4 is 5.32 Å². The van der Waals surface area contributed by atoms with E-state index in [1.165, 1.54) is 11.8 Å². The van der Waals surface area contributed by atoms with Gasteiger partial charge in [0.1, 0.15) is 0 Å². The van der Waals surface area contributed by atoms with Crippen molar-refractivity contribution >= 4 is 40.9 Å². The minimum Gasteiger partial charge on any atom is -0.465 e. The number of thioether (sulfide) groups is 1. The third-order valence-electron chi connectivity index (χ3n) is 2.26. The Labute approximate surface area is 121 Å². The quantitative estimate of drug-likeness (QED) is 0.821. The molecule has 0 aliphatic carbocycles. The number of halogens is 1. The van der Waals surface area contributed by atoms with Gasteiger partial charge in [0.15, 0.2) is 0 Å². The molecule has 0 aliphatic rings. The van der Waals surface area contributed by atoms with E-state index in [0.717, 1.165) is 0 Å². The average molecular weight is 302 g/mol. The fraction of sp³-hybridized carbons (Fsp3) is 0.385. The molecule has 1 N–H and O–H groups in total. The number of anilines is 1. The largest absolute Gasteiger partial charge is 0.465 e. The first-order chi connectivity index (χ1) is 9.04. The Balaban J connectivity index is 2.45. The van der Waals surface area contributed by atoms with Gasteiger partial charge in [-0.2, -0.15) is 0 Å². The van der Waals surface area contributed by atoms with Gasteiger partial charge < -0.3 is 10.1 Å². The van der Waals surface area contributed by atoms with E-state index in [-0.39, 0.29) is 22.9 Å². The molecule has 0 saturated heterocycles. The number of rotatable bonds is 6. The summed E-state index contributed by atoms with van der Waals surface area (Å²) in [5.74, 6) is -0.349. The molecule has 19 heavy (non-hydrogen) atoms. The standard InChI is InChI=1S/C13H16ClNO3S/c1-3-18-12(16)8-19-9(2)13(17)15-11-7-5-4-6-10(11)14/h4-7,9H,3,8H2,1-2H3,(H,15,17). The molecule has 0 bridgehead atoms. The van der Waals surface area contributed by atoms with E-state index >= 15 is 0 Å². The van der Waals surface area contributed by atoms with Gasteiger partial charge in [0.2, 0.25) is 5.91 Å². The molecule has 1 amide bonds. The van der Waals surface area contributed by atoms with Gasteiger partial charge in [0, 0.05) is 0 Å². The van der Waals surface area contributed by atoms with Crippen LogP contribution in [0.2, 0.25) is 5.02 Å². The van der Waals surface area contributed by atoms with Gasteiger partial charge in [-0.15, -0.1) is 11.8 Å². The van der Waals surface area contributed by atoms with Gasteiger partial charge in [-0.05, 0) is 26.0 Å². The molecule has 0 aliphatic heterocycles. The molecular formula is C13H16ClNO3S. The lowest BCUT2D eigenvalue weighted by Crippen LogP contribution is -2.24. The molecule has 1 rings (SSSR count). The Kier molecular flexibility index (Phi) is 6.73. The average Bonchev–Trinajstić information content (AvgIpc) is 2.39. The first-order valence-electron chi connectivity index (χ1n) is 5.87. The second-order valence-corrected chi connectivity index (χ2v) is 5.46. The second kappa shape index (κ2) is 8.07. The molecular weight excluding hydrogens is 286 g/mol. The van der Waals surface area contributed by atoms with Gasteiger partial charge in [0.25, 0.3) is 0 Å². The van der Waals surface area contributed by atoms with Crippen molar-refractivity contribution in [1.29, 1.82) is 0 Å². The highest BCUT2D eigenvalue weighted by Gasteiger charge is 2.16. The van der Waals surface area contributed by atoms with E-state index in [4.69, 9.17) is 16.3 Å². The number of ether oxygens (including phenoxy) is 1. The maximum Gasteiger partial charge on any atom is 0.315 e. The number of nitrogens with one attached hydrogen (secondary N) is 1. The Morgan fingerprint density at radius 3 is 2.74 bits per heavy atom. The molecule has 0 saturated carbocycles. The number of benzene rings is 1. The summed E-state index contributed by atoms with van der Waals surface area (Å²) in [4.78, 5) is 23.1. The molecule has 104 valence electrons. The van der Waals surface area contributed by atoms with E-state index < -0.39 is 0 Å². The minimum atomic E-state index is -0.360. The van der Waals surface area contributed by atoms with Crippen molar-refractivity contribution in [3.8, 4) is 0 Å². The van der Waals surface area contributed by atoms with Crippen LogP contribution in [-0.4, -0.2) is 29.5 Å². The molecule has 1 atom stereocenters. The zero-order valence-corrected chi connectivity index (χ0v) is 12.4. The summed E-state index contributed by atoms with van der Waals surface area (Å²) in [6, 6.07) is 7.01. The molecule has 1 unspecified atom stereocenters. The van der Waals surface area contributed by atoms with Crippen LogP contribution in [0.1, 0.15) is 13.8 Å². The van der Waals surface area contributed by atoms with Crippen molar-refractivity contribution in [2.45, 2.75) is 19.1 Å². The summed E-state index contributed by atoms with van der Waals surface area (Å²) in [5.41, 5.74) is 0.567. The highest BCUT2D eigenvalue weighted by molar-refractivity contribution is 8.01. The number of carbonyl (C=O) groups excluding carboxylic acids is 2. The van der Waals surface area contributed by atoms with Crippen LogP contribution in [-0.2, 0) is 14.3 Å². The molecule has 6 heteroatoms. The molecule has 0 radical (unpaired) electrons. The minimum absolute atomic E-state index is 0.158. The first kappa shape index (κ1) is 15.9. The highest BCUT2D eigenvalue weighted by atomic mass is 35.5. The molecule has 1 aromatic rings. The number of para-hydroxylation sites is 1. The van der Waals surface area contributed by atoms with Gasteiger partial charge in [-0.3, -0.25) is 9.59 Å². The maximum absolute atomic E-state index is 11.9. The fourth-order valence-electron chi connectivity index (χ4n) is 1.27. The third-order valence-corrected chi connectivity index (χ3v) is 3.70. The highest BCUT2D eigenvalue weighted by Crippen LogP contribution is 2.22. The van der Waals surface area contributed by atoms with Crippen LogP contribution in [0.3, 0.4) is 0 Å². The molecule has 0 aromatic heterocycles. The summed E-state index contributed by atoms with van der Waals surface area (Å²) in [6.07, 6.45) is 0. The molecule has 0 heterocycles. The summed E-state index contributed by atoms with van der Waals surface area (Å²) in [6.45, 7) is 3.83. The predicted octanol–water partition coefficient (Wildman–Crippen LogP) is 2.96. The Bertz CT molecular complexity index is 453. The zero-order chi connectivity index (χ0) is 14.3. The molecule has 4 nitrogen and oxygen atoms in total. The van der Waals surface area contributed by atoms with Crippen LogP contribution in [0.15, 0.2) is 24.3 Å². The van der Waals surface area contributed by atoms with E-state index in [2.05, 4.69) is 5.32 Å². The van der Waals surface area contributed by atoms with Gasteiger partial charge in [0.05, 0.1) is 28.3 Å². The summed E-state index contributed by atoms with van der Waals surface area (Å²) >= 11 is 7.17. The van der Waals surface area contributed by atoms with E-state index in [1.807, 2.05) is 0 Å². The van der Waals surface area contributed by atoms with Gasteiger partial charge in [-0.1, -0.05) is 23.7 Å². The maximum atomic E-state index is 11.9. The zero-order valence-electron chi connectivity index (χ0n) is 10.8. The van der Waals surface area contributed by atoms with Crippen LogP contribution in [0.25, 0.3) is 0 Å². The Morgan fingerprint density at radius 1 is 1.42 bits per heavy atom. The van der Waals surface area contributed by atoms with E-state index in [1.54, 1.807) is 38.1 Å². The predicted molar refractivity (Wildman–Crippen MR) is 78.6 cm³/mol. The van der Waals surface area contributed by atoms with Crippen molar-refractivity contribution in [1.82, 2.24) is 0 Å². The van der Waals surface area contributed by atoms with E-state index in [9.17, 15) is 9.59 Å². The molecule has 0 spiro atoms. The van der Waals surface area contributed by atoms with Crippen LogP contribution in [0, 0.1) is 0 Å². The number of hydrogen-bond acceptors (Lipinski definition) is 4. The normalized spacial score (nSPS) is 11.7. The Morgan fingerprint density at radius 2 is 2.11 bits per heavy atom. The monoisotopic (exact) mass is 301 g/mol. The lowest BCUT2D eigenvalue weighted by Gasteiger charge is -2.12. The number of amides is 1. The van der Waals surface area contributed by atoms with Crippen LogP contribution in [0.4, 0.5) is 5.69 Å². The van der Waals surface area contributed by atoms with Crippen molar-refractivity contribution in [3.05, 3.63) is 29.3 Å². The number of carbonyl (C=O) groups is 2. The summed E-state index contributed by atoms with van der Waals surface area (Å²) in [7, 11) is 0. The lowest BCUT2D eigenvalue weighted by molar-refractivity contribution is -0.139. The van der Waals surface area contributed by atoms with Crippen molar-refractivity contribution in [2.24, 2.45) is 0 Å². The lowest BCUT2D eigenvalue weighted by atomic mass is 10.3. The van der Waals surface area contributed by atoms with Crippen molar-refractivity contribution in [3.63, 3.8) is 0 Å². The van der Waals surface area contributed by atoms with E-state index in [0.29, 0.717) is 17.3 Å². The van der Waals surface area contributed by atoms with Crippen molar-refractivity contribution in [2.75, 3.05) is 17.7 Å². The first-order valence-corrected chi connectivity index (χ1v) is 7.30. The number of esters is 1. The second-order valence-electron chi connectivity index (χ2n) is 3.73. The van der Waals surface area contributed by atoms with Crippen LogP contribution in [0.5, 0.6) is 0 Å².